The van der Waals surface area contributed by atoms with Crippen molar-refractivity contribution in [3.05, 3.63) is 29.8 Å². The van der Waals surface area contributed by atoms with Crippen molar-refractivity contribution in [3.63, 3.8) is 0 Å². The summed E-state index contributed by atoms with van der Waals surface area (Å²) in [6.07, 6.45) is 0. The molecule has 2 N–H and O–H groups in total. The Hall–Kier alpha value is -1.91. The number of aromatic nitrogens is 3. The largest absolute Gasteiger partial charge is 0.396 e. The van der Waals surface area contributed by atoms with Gasteiger partial charge in [0.05, 0.1) is 5.69 Å². The number of anilines is 1. The molecule has 15 heavy (non-hydrogen) atoms. The number of aryl methyl sites for hydroxylation is 1. The predicted octanol–water partition coefficient (Wildman–Crippen LogP) is 1.51. The summed E-state index contributed by atoms with van der Waals surface area (Å²) in [5, 5.41) is 7.85. The minimum Gasteiger partial charge on any atom is -0.396 e. The number of hydrogen-bond donors (Lipinski definition) is 1. The van der Waals surface area contributed by atoms with Crippen LogP contribution in [0.15, 0.2) is 18.2 Å². The molecule has 0 unspecified atom stereocenters. The van der Waals surface area contributed by atoms with Crippen molar-refractivity contribution in [2.45, 2.75) is 6.92 Å². The molecule has 5 heteroatoms. The molecule has 0 bridgehead atoms. The third kappa shape index (κ3) is 1.45. The number of halogens is 1. The fourth-order valence-corrected chi connectivity index (χ4v) is 1.37. The van der Waals surface area contributed by atoms with Gasteiger partial charge in [-0.1, -0.05) is 6.07 Å². The van der Waals surface area contributed by atoms with Crippen LogP contribution in [0.1, 0.15) is 5.82 Å². The van der Waals surface area contributed by atoms with Crippen molar-refractivity contribution >= 4 is 5.69 Å². The van der Waals surface area contributed by atoms with Gasteiger partial charge in [0.1, 0.15) is 11.6 Å². The summed E-state index contributed by atoms with van der Waals surface area (Å²) in [6.45, 7) is 1.83. The maximum Gasteiger partial charge on any atom is 0.165 e. The number of nitrogens with zero attached hydrogens (tertiary/aromatic N) is 3. The molecule has 2 rings (SSSR count). The smallest absolute Gasteiger partial charge is 0.165 e. The summed E-state index contributed by atoms with van der Waals surface area (Å²) in [4.78, 5) is 0. The molecule has 0 aliphatic rings. The van der Waals surface area contributed by atoms with Crippen molar-refractivity contribution in [2.75, 3.05) is 5.73 Å². The predicted molar refractivity (Wildman–Crippen MR) is 55.5 cm³/mol. The second kappa shape index (κ2) is 3.34. The third-order valence-corrected chi connectivity index (χ3v) is 2.39. The van der Waals surface area contributed by atoms with E-state index in [1.807, 2.05) is 14.0 Å². The maximum absolute atomic E-state index is 13.2. The van der Waals surface area contributed by atoms with Gasteiger partial charge in [-0.3, -0.25) is 0 Å². The van der Waals surface area contributed by atoms with Gasteiger partial charge in [-0.2, -0.15) is 0 Å². The summed E-state index contributed by atoms with van der Waals surface area (Å²) in [5.74, 6) is 0.895. The fraction of sp³-hybridized carbons (Fsp3) is 0.200. The van der Waals surface area contributed by atoms with Crippen LogP contribution in [0.4, 0.5) is 10.1 Å². The normalized spacial score (nSPS) is 10.6. The second-order valence-electron chi connectivity index (χ2n) is 3.33. The molecule has 0 radical (unpaired) electrons. The SMILES string of the molecule is Cc1nnc(-c2cccc(F)c2N)n1C. The van der Waals surface area contributed by atoms with Crippen LogP contribution in [0.2, 0.25) is 0 Å². The average molecular weight is 206 g/mol. The summed E-state index contributed by atoms with van der Waals surface area (Å²) >= 11 is 0. The molecule has 4 nitrogen and oxygen atoms in total. The molecule has 2 aromatic rings. The highest BCUT2D eigenvalue weighted by molar-refractivity contribution is 5.71. The highest BCUT2D eigenvalue weighted by Gasteiger charge is 2.12. The highest BCUT2D eigenvalue weighted by atomic mass is 19.1. The van der Waals surface area contributed by atoms with Gasteiger partial charge in [0.2, 0.25) is 0 Å². The van der Waals surface area contributed by atoms with Crippen molar-refractivity contribution in [1.82, 2.24) is 14.8 Å². The van der Waals surface area contributed by atoms with Crippen LogP contribution in [0, 0.1) is 12.7 Å². The lowest BCUT2D eigenvalue weighted by atomic mass is 10.1. The third-order valence-electron chi connectivity index (χ3n) is 2.39. The average Bonchev–Trinajstić information content (AvgIpc) is 2.53. The Labute approximate surface area is 86.6 Å². The lowest BCUT2D eigenvalue weighted by Gasteiger charge is -2.05. The molecular formula is C10H11FN4. The second-order valence-corrected chi connectivity index (χ2v) is 3.33. The quantitative estimate of drug-likeness (QED) is 0.719. The maximum atomic E-state index is 13.2. The van der Waals surface area contributed by atoms with Crippen LogP contribution in [-0.4, -0.2) is 14.8 Å². The number of hydrogen-bond acceptors (Lipinski definition) is 3. The highest BCUT2D eigenvalue weighted by Crippen LogP contribution is 2.25. The Morgan fingerprint density at radius 3 is 2.67 bits per heavy atom. The van der Waals surface area contributed by atoms with Crippen molar-refractivity contribution < 1.29 is 4.39 Å². The van der Waals surface area contributed by atoms with Crippen LogP contribution < -0.4 is 5.73 Å². The van der Waals surface area contributed by atoms with E-state index in [2.05, 4.69) is 10.2 Å². The molecule has 0 aliphatic heterocycles. The van der Waals surface area contributed by atoms with Crippen LogP contribution in [0.25, 0.3) is 11.4 Å². The minimum atomic E-state index is -0.437. The van der Waals surface area contributed by atoms with Gasteiger partial charge < -0.3 is 10.3 Å². The number of benzene rings is 1. The topological polar surface area (TPSA) is 56.7 Å². The van der Waals surface area contributed by atoms with Gasteiger partial charge in [0, 0.05) is 12.6 Å². The molecule has 0 amide bonds. The van der Waals surface area contributed by atoms with E-state index >= 15 is 0 Å². The van der Waals surface area contributed by atoms with Crippen molar-refractivity contribution in [2.24, 2.45) is 7.05 Å². The molecule has 0 spiro atoms. The summed E-state index contributed by atoms with van der Waals surface area (Å²) in [6, 6.07) is 4.65. The molecule has 0 saturated carbocycles. The number of nitrogen functional groups attached to an aromatic ring is 1. The molecule has 0 fully saturated rings. The van der Waals surface area contributed by atoms with Crippen LogP contribution >= 0.6 is 0 Å². The fourth-order valence-electron chi connectivity index (χ4n) is 1.37. The zero-order valence-corrected chi connectivity index (χ0v) is 8.53. The Balaban J connectivity index is 2.64. The van der Waals surface area contributed by atoms with E-state index in [1.54, 1.807) is 16.7 Å². The Bertz CT molecular complexity index is 504. The molecule has 0 saturated heterocycles. The van der Waals surface area contributed by atoms with Gasteiger partial charge in [-0.05, 0) is 19.1 Å². The van der Waals surface area contributed by atoms with Crippen LogP contribution in [0.5, 0.6) is 0 Å². The molecular weight excluding hydrogens is 195 g/mol. The monoisotopic (exact) mass is 206 g/mol. The standard InChI is InChI=1S/C10H11FN4/c1-6-13-14-10(15(6)2)7-4-3-5-8(11)9(7)12/h3-5H,12H2,1-2H3. The van der Waals surface area contributed by atoms with Crippen LogP contribution in [0.3, 0.4) is 0 Å². The molecule has 1 aromatic carbocycles. The lowest BCUT2D eigenvalue weighted by Crippen LogP contribution is -2.00. The van der Waals surface area contributed by atoms with E-state index in [-0.39, 0.29) is 5.69 Å². The summed E-state index contributed by atoms with van der Waals surface area (Å²) < 4.78 is 15.0. The van der Waals surface area contributed by atoms with Gasteiger partial charge in [-0.25, -0.2) is 4.39 Å². The van der Waals surface area contributed by atoms with Crippen LogP contribution in [-0.2, 0) is 7.05 Å². The zero-order valence-electron chi connectivity index (χ0n) is 8.53. The lowest BCUT2D eigenvalue weighted by molar-refractivity contribution is 0.632. The van der Waals surface area contributed by atoms with E-state index in [4.69, 9.17) is 5.73 Å². The molecule has 78 valence electrons. The number of nitrogens with two attached hydrogens (primary N) is 1. The number of para-hydroxylation sites is 1. The first-order valence-corrected chi connectivity index (χ1v) is 4.51. The molecule has 0 aliphatic carbocycles. The van der Waals surface area contributed by atoms with E-state index in [0.29, 0.717) is 11.4 Å². The summed E-state index contributed by atoms with van der Waals surface area (Å²) in [5.41, 5.74) is 6.31. The molecule has 0 atom stereocenters. The van der Waals surface area contributed by atoms with Gasteiger partial charge in [-0.15, -0.1) is 10.2 Å². The van der Waals surface area contributed by atoms with Crippen molar-refractivity contribution in [3.8, 4) is 11.4 Å². The Morgan fingerprint density at radius 2 is 2.07 bits per heavy atom. The van der Waals surface area contributed by atoms with E-state index in [9.17, 15) is 4.39 Å². The van der Waals surface area contributed by atoms with Gasteiger partial charge >= 0.3 is 0 Å². The zero-order chi connectivity index (χ0) is 11.0. The molecule has 1 heterocycles. The van der Waals surface area contributed by atoms with Crippen molar-refractivity contribution in [1.29, 1.82) is 0 Å². The van der Waals surface area contributed by atoms with Gasteiger partial charge in [0.25, 0.3) is 0 Å². The Kier molecular flexibility index (Phi) is 2.15. The first-order chi connectivity index (χ1) is 7.11. The van der Waals surface area contributed by atoms with E-state index in [0.717, 1.165) is 5.82 Å². The van der Waals surface area contributed by atoms with E-state index < -0.39 is 5.82 Å². The number of rotatable bonds is 1. The van der Waals surface area contributed by atoms with Gasteiger partial charge in [0.15, 0.2) is 5.82 Å². The first-order valence-electron chi connectivity index (χ1n) is 4.51. The first kappa shape index (κ1) is 9.64. The summed E-state index contributed by atoms with van der Waals surface area (Å²) in [7, 11) is 1.81. The van der Waals surface area contributed by atoms with E-state index in [1.165, 1.54) is 6.07 Å². The minimum absolute atomic E-state index is 0.105. The Morgan fingerprint density at radius 1 is 1.33 bits per heavy atom. The molecule has 1 aromatic heterocycles.